The molecule has 0 aromatic rings. The predicted molar refractivity (Wildman–Crippen MR) is 54.1 cm³/mol. The van der Waals surface area contributed by atoms with Crippen molar-refractivity contribution in [3.05, 3.63) is 12.2 Å². The molecule has 0 fully saturated rings. The predicted octanol–water partition coefficient (Wildman–Crippen LogP) is 3.14. The third kappa shape index (κ3) is 3.91. The monoisotopic (exact) mass is 170 g/mol. The maximum atomic E-state index is 8.75. The maximum Gasteiger partial charge on any atom is 0.0439 e. The minimum atomic E-state index is 0.299. The van der Waals surface area contributed by atoms with Crippen molar-refractivity contribution in [2.45, 2.75) is 46.5 Å². The van der Waals surface area contributed by atoms with Gasteiger partial charge in [0.1, 0.15) is 0 Å². The molecular formula is C11H22O. The van der Waals surface area contributed by atoms with E-state index in [1.54, 1.807) is 0 Å². The standard InChI is InChI=1S/C9H16O.C2H6/c1-9(7-8-10)5-3-2-4-6-9;1-2/h3,5,10H,2,4,6-8H2,1H3;1-2H3. The average Bonchev–Trinajstić information content (AvgIpc) is 2.09. The summed E-state index contributed by atoms with van der Waals surface area (Å²) >= 11 is 0. The van der Waals surface area contributed by atoms with E-state index in [1.807, 2.05) is 13.8 Å². The SMILES string of the molecule is CC.CC1(CCO)C=CCCC1. The van der Waals surface area contributed by atoms with Gasteiger partial charge in [-0.1, -0.05) is 32.9 Å². The molecule has 12 heavy (non-hydrogen) atoms. The summed E-state index contributed by atoms with van der Waals surface area (Å²) in [5, 5.41) is 8.75. The van der Waals surface area contributed by atoms with Crippen LogP contribution in [0.25, 0.3) is 0 Å². The van der Waals surface area contributed by atoms with Gasteiger partial charge >= 0.3 is 0 Å². The number of hydrogen-bond donors (Lipinski definition) is 1. The van der Waals surface area contributed by atoms with Crippen LogP contribution in [0, 0.1) is 5.41 Å². The molecule has 1 rings (SSSR count). The Morgan fingerprint density at radius 1 is 1.42 bits per heavy atom. The molecule has 1 nitrogen and oxygen atoms in total. The highest BCUT2D eigenvalue weighted by molar-refractivity contribution is 5.00. The van der Waals surface area contributed by atoms with Gasteiger partial charge in [0, 0.05) is 6.61 Å². The number of rotatable bonds is 2. The minimum Gasteiger partial charge on any atom is -0.396 e. The van der Waals surface area contributed by atoms with E-state index in [1.165, 1.54) is 19.3 Å². The van der Waals surface area contributed by atoms with E-state index in [4.69, 9.17) is 5.11 Å². The molecule has 0 amide bonds. The third-order valence-electron chi connectivity index (χ3n) is 2.32. The molecule has 0 aromatic carbocycles. The zero-order chi connectivity index (χ0) is 9.45. The lowest BCUT2D eigenvalue weighted by Gasteiger charge is -2.27. The summed E-state index contributed by atoms with van der Waals surface area (Å²) in [7, 11) is 0. The van der Waals surface area contributed by atoms with Crippen molar-refractivity contribution in [2.24, 2.45) is 5.41 Å². The van der Waals surface area contributed by atoms with Gasteiger partial charge in [0.2, 0.25) is 0 Å². The van der Waals surface area contributed by atoms with Crippen molar-refractivity contribution >= 4 is 0 Å². The fourth-order valence-electron chi connectivity index (χ4n) is 1.54. The lowest BCUT2D eigenvalue weighted by molar-refractivity contribution is 0.217. The van der Waals surface area contributed by atoms with Crippen LogP contribution < -0.4 is 0 Å². The normalized spacial score (nSPS) is 27.7. The molecule has 1 unspecified atom stereocenters. The Hall–Kier alpha value is -0.300. The quantitative estimate of drug-likeness (QED) is 0.631. The van der Waals surface area contributed by atoms with E-state index >= 15 is 0 Å². The summed E-state index contributed by atoms with van der Waals surface area (Å²) in [6.45, 7) is 6.54. The van der Waals surface area contributed by atoms with Gasteiger partial charge < -0.3 is 5.11 Å². The van der Waals surface area contributed by atoms with Crippen LogP contribution in [0.15, 0.2) is 12.2 Å². The topological polar surface area (TPSA) is 20.2 Å². The van der Waals surface area contributed by atoms with E-state index in [2.05, 4.69) is 19.1 Å². The zero-order valence-corrected chi connectivity index (χ0v) is 8.64. The molecule has 0 aromatic heterocycles. The fraction of sp³-hybridized carbons (Fsp3) is 0.818. The van der Waals surface area contributed by atoms with Crippen LogP contribution in [-0.2, 0) is 0 Å². The molecule has 0 heterocycles. The van der Waals surface area contributed by atoms with E-state index in [0.717, 1.165) is 6.42 Å². The van der Waals surface area contributed by atoms with Gasteiger partial charge in [-0.25, -0.2) is 0 Å². The van der Waals surface area contributed by atoms with E-state index in [9.17, 15) is 0 Å². The summed E-state index contributed by atoms with van der Waals surface area (Å²) in [5.74, 6) is 0. The van der Waals surface area contributed by atoms with Gasteiger partial charge in [0.25, 0.3) is 0 Å². The Kier molecular flexibility index (Phi) is 6.09. The van der Waals surface area contributed by atoms with Crippen LogP contribution in [0.2, 0.25) is 0 Å². The number of allylic oxidation sites excluding steroid dienone is 2. The summed E-state index contributed by atoms with van der Waals surface area (Å²) in [4.78, 5) is 0. The number of hydrogen-bond acceptors (Lipinski definition) is 1. The second-order valence-corrected chi connectivity index (χ2v) is 3.42. The summed E-state index contributed by atoms with van der Waals surface area (Å²) in [6, 6.07) is 0. The largest absolute Gasteiger partial charge is 0.396 e. The average molecular weight is 170 g/mol. The molecule has 0 spiro atoms. The van der Waals surface area contributed by atoms with Gasteiger partial charge in [-0.3, -0.25) is 0 Å². The lowest BCUT2D eigenvalue weighted by Crippen LogP contribution is -2.17. The molecule has 0 aliphatic heterocycles. The number of aliphatic hydroxyl groups excluding tert-OH is 1. The molecular weight excluding hydrogens is 148 g/mol. The first-order valence-electron chi connectivity index (χ1n) is 5.05. The first-order chi connectivity index (χ1) is 5.77. The Balaban J connectivity index is 0.000000561. The van der Waals surface area contributed by atoms with Crippen molar-refractivity contribution < 1.29 is 5.11 Å². The second-order valence-electron chi connectivity index (χ2n) is 3.42. The summed E-state index contributed by atoms with van der Waals surface area (Å²) in [6.07, 6.45) is 9.16. The van der Waals surface area contributed by atoms with E-state index < -0.39 is 0 Å². The smallest absolute Gasteiger partial charge is 0.0439 e. The molecule has 0 radical (unpaired) electrons. The molecule has 1 atom stereocenters. The van der Waals surface area contributed by atoms with Crippen LogP contribution in [0.3, 0.4) is 0 Å². The minimum absolute atomic E-state index is 0.299. The van der Waals surface area contributed by atoms with Crippen molar-refractivity contribution in [2.75, 3.05) is 6.61 Å². The highest BCUT2D eigenvalue weighted by atomic mass is 16.3. The third-order valence-corrected chi connectivity index (χ3v) is 2.32. The molecule has 0 saturated heterocycles. The van der Waals surface area contributed by atoms with E-state index in [-0.39, 0.29) is 0 Å². The lowest BCUT2D eigenvalue weighted by atomic mass is 9.78. The molecule has 1 heteroatoms. The number of aliphatic hydroxyl groups is 1. The van der Waals surface area contributed by atoms with Crippen LogP contribution in [0.4, 0.5) is 0 Å². The van der Waals surface area contributed by atoms with E-state index in [0.29, 0.717) is 12.0 Å². The van der Waals surface area contributed by atoms with Crippen LogP contribution >= 0.6 is 0 Å². The molecule has 72 valence electrons. The van der Waals surface area contributed by atoms with Crippen LogP contribution in [-0.4, -0.2) is 11.7 Å². The highest BCUT2D eigenvalue weighted by Crippen LogP contribution is 2.33. The van der Waals surface area contributed by atoms with Crippen molar-refractivity contribution in [3.8, 4) is 0 Å². The first kappa shape index (κ1) is 11.7. The zero-order valence-electron chi connectivity index (χ0n) is 8.64. The summed E-state index contributed by atoms with van der Waals surface area (Å²) < 4.78 is 0. The van der Waals surface area contributed by atoms with Crippen molar-refractivity contribution in [1.82, 2.24) is 0 Å². The Morgan fingerprint density at radius 2 is 2.08 bits per heavy atom. The van der Waals surface area contributed by atoms with Gasteiger partial charge in [0.05, 0.1) is 0 Å². The van der Waals surface area contributed by atoms with Gasteiger partial charge in [-0.2, -0.15) is 0 Å². The first-order valence-corrected chi connectivity index (χ1v) is 5.05. The van der Waals surface area contributed by atoms with Gasteiger partial charge in [0.15, 0.2) is 0 Å². The molecule has 1 N–H and O–H groups in total. The molecule has 1 aliphatic carbocycles. The van der Waals surface area contributed by atoms with Crippen molar-refractivity contribution in [1.29, 1.82) is 0 Å². The van der Waals surface area contributed by atoms with Crippen LogP contribution in [0.1, 0.15) is 46.5 Å². The summed E-state index contributed by atoms with van der Waals surface area (Å²) in [5.41, 5.74) is 0.299. The van der Waals surface area contributed by atoms with Gasteiger partial charge in [-0.15, -0.1) is 0 Å². The Morgan fingerprint density at radius 3 is 2.50 bits per heavy atom. The molecule has 0 bridgehead atoms. The Bertz CT molecular complexity index is 129. The second kappa shape index (κ2) is 6.24. The van der Waals surface area contributed by atoms with Gasteiger partial charge in [-0.05, 0) is 31.1 Å². The molecule has 1 aliphatic rings. The molecule has 0 saturated carbocycles. The van der Waals surface area contributed by atoms with Crippen molar-refractivity contribution in [3.63, 3.8) is 0 Å². The van der Waals surface area contributed by atoms with Crippen LogP contribution in [0.5, 0.6) is 0 Å². The fourth-order valence-corrected chi connectivity index (χ4v) is 1.54. The Labute approximate surface area is 76.5 Å². The highest BCUT2D eigenvalue weighted by Gasteiger charge is 2.21. The maximum absolute atomic E-state index is 8.75.